The highest BCUT2D eigenvalue weighted by molar-refractivity contribution is 5.88. The molecule has 0 aromatic heterocycles. The fraction of sp³-hybridized carbons (Fsp3) is 0.353. The van der Waals surface area contributed by atoms with Crippen LogP contribution in [0, 0.1) is 0 Å². The SMILES string of the molecule is O=C(/C=C/C=C/c1ccc2c(c1)OCCO2)N1CCOCC1. The Labute approximate surface area is 129 Å². The van der Waals surface area contributed by atoms with E-state index in [4.69, 9.17) is 14.2 Å². The molecule has 0 spiro atoms. The Kier molecular flexibility index (Phi) is 4.75. The van der Waals surface area contributed by atoms with E-state index in [9.17, 15) is 4.79 Å². The van der Waals surface area contributed by atoms with Crippen molar-refractivity contribution in [3.05, 3.63) is 42.0 Å². The summed E-state index contributed by atoms with van der Waals surface area (Å²) in [5.74, 6) is 1.57. The zero-order chi connectivity index (χ0) is 15.2. The second kappa shape index (κ2) is 7.13. The van der Waals surface area contributed by atoms with Gasteiger partial charge >= 0.3 is 0 Å². The van der Waals surface area contributed by atoms with Gasteiger partial charge in [0.2, 0.25) is 5.91 Å². The highest BCUT2D eigenvalue weighted by Crippen LogP contribution is 2.31. The van der Waals surface area contributed by atoms with E-state index in [0.29, 0.717) is 39.5 Å². The zero-order valence-electron chi connectivity index (χ0n) is 12.4. The lowest BCUT2D eigenvalue weighted by Gasteiger charge is -2.25. The van der Waals surface area contributed by atoms with Crippen molar-refractivity contribution in [1.29, 1.82) is 0 Å². The van der Waals surface area contributed by atoms with Crippen molar-refractivity contribution in [3.8, 4) is 11.5 Å². The number of carbonyl (C=O) groups excluding carboxylic acids is 1. The predicted molar refractivity (Wildman–Crippen MR) is 83.0 cm³/mol. The molecule has 2 heterocycles. The minimum atomic E-state index is 0.0233. The lowest BCUT2D eigenvalue weighted by Crippen LogP contribution is -2.39. The van der Waals surface area contributed by atoms with E-state index in [2.05, 4.69) is 0 Å². The smallest absolute Gasteiger partial charge is 0.246 e. The van der Waals surface area contributed by atoms with Crippen LogP contribution < -0.4 is 9.47 Å². The van der Waals surface area contributed by atoms with Crippen LogP contribution in [0.5, 0.6) is 11.5 Å². The van der Waals surface area contributed by atoms with Crippen LogP contribution in [0.15, 0.2) is 36.4 Å². The number of hydrogen-bond donors (Lipinski definition) is 0. The molecule has 2 aliphatic heterocycles. The summed E-state index contributed by atoms with van der Waals surface area (Å²) >= 11 is 0. The molecule has 0 unspecified atom stereocenters. The molecule has 5 nitrogen and oxygen atoms in total. The summed E-state index contributed by atoms with van der Waals surface area (Å²) in [6.07, 6.45) is 7.12. The molecule has 0 radical (unpaired) electrons. The minimum Gasteiger partial charge on any atom is -0.486 e. The molecular weight excluding hydrogens is 282 g/mol. The van der Waals surface area contributed by atoms with Crippen molar-refractivity contribution >= 4 is 12.0 Å². The van der Waals surface area contributed by atoms with Crippen LogP contribution >= 0.6 is 0 Å². The number of rotatable bonds is 3. The monoisotopic (exact) mass is 301 g/mol. The summed E-state index contributed by atoms with van der Waals surface area (Å²) in [6.45, 7) is 3.73. The fourth-order valence-corrected chi connectivity index (χ4v) is 2.36. The Hall–Kier alpha value is -2.27. The maximum atomic E-state index is 11.9. The predicted octanol–water partition coefficient (Wildman–Crippen LogP) is 1.89. The lowest BCUT2D eigenvalue weighted by atomic mass is 10.2. The molecular formula is C17H19NO4. The highest BCUT2D eigenvalue weighted by Gasteiger charge is 2.13. The van der Waals surface area contributed by atoms with Gasteiger partial charge in [0, 0.05) is 19.2 Å². The maximum Gasteiger partial charge on any atom is 0.246 e. The van der Waals surface area contributed by atoms with E-state index >= 15 is 0 Å². The number of morpholine rings is 1. The van der Waals surface area contributed by atoms with E-state index in [-0.39, 0.29) is 5.91 Å². The second-order valence-corrected chi connectivity index (χ2v) is 5.06. The number of amides is 1. The lowest BCUT2D eigenvalue weighted by molar-refractivity contribution is -0.129. The molecule has 0 N–H and O–H groups in total. The summed E-state index contributed by atoms with van der Waals surface area (Å²) in [5, 5.41) is 0. The zero-order valence-corrected chi connectivity index (χ0v) is 12.4. The Balaban J connectivity index is 1.57. The third kappa shape index (κ3) is 3.68. The van der Waals surface area contributed by atoms with Crippen LogP contribution in [0.25, 0.3) is 6.08 Å². The van der Waals surface area contributed by atoms with Crippen LogP contribution in [-0.4, -0.2) is 50.3 Å². The molecule has 0 atom stereocenters. The molecule has 22 heavy (non-hydrogen) atoms. The van der Waals surface area contributed by atoms with Crippen LogP contribution in [-0.2, 0) is 9.53 Å². The summed E-state index contributed by atoms with van der Waals surface area (Å²) < 4.78 is 16.2. The van der Waals surface area contributed by atoms with E-state index in [0.717, 1.165) is 17.1 Å². The molecule has 5 heteroatoms. The third-order valence-electron chi connectivity index (χ3n) is 3.53. The summed E-state index contributed by atoms with van der Waals surface area (Å²) in [4.78, 5) is 13.7. The van der Waals surface area contributed by atoms with Gasteiger partial charge in [-0.25, -0.2) is 0 Å². The quantitative estimate of drug-likeness (QED) is 0.632. The highest BCUT2D eigenvalue weighted by atomic mass is 16.6. The molecule has 2 aliphatic rings. The number of ether oxygens (including phenoxy) is 3. The van der Waals surface area contributed by atoms with Crippen LogP contribution in [0.2, 0.25) is 0 Å². The van der Waals surface area contributed by atoms with Gasteiger partial charge in [0.15, 0.2) is 11.5 Å². The van der Waals surface area contributed by atoms with Gasteiger partial charge in [-0.1, -0.05) is 24.3 Å². The van der Waals surface area contributed by atoms with Crippen LogP contribution in [0.3, 0.4) is 0 Å². The molecule has 0 bridgehead atoms. The van der Waals surface area contributed by atoms with Gasteiger partial charge in [0.05, 0.1) is 13.2 Å². The van der Waals surface area contributed by atoms with E-state index in [1.54, 1.807) is 17.1 Å². The van der Waals surface area contributed by atoms with Crippen LogP contribution in [0.1, 0.15) is 5.56 Å². The normalized spacial score (nSPS) is 18.1. The molecule has 1 amide bonds. The molecule has 0 saturated carbocycles. The van der Waals surface area contributed by atoms with Crippen molar-refractivity contribution < 1.29 is 19.0 Å². The Morgan fingerprint density at radius 2 is 1.77 bits per heavy atom. The Morgan fingerprint density at radius 3 is 2.59 bits per heavy atom. The molecule has 1 aromatic carbocycles. The Morgan fingerprint density at radius 1 is 1.00 bits per heavy atom. The topological polar surface area (TPSA) is 48.0 Å². The van der Waals surface area contributed by atoms with E-state index in [1.807, 2.05) is 30.4 Å². The number of hydrogen-bond acceptors (Lipinski definition) is 4. The first-order chi connectivity index (χ1) is 10.8. The summed E-state index contributed by atoms with van der Waals surface area (Å²) in [7, 11) is 0. The van der Waals surface area contributed by atoms with Gasteiger partial charge in [-0.15, -0.1) is 0 Å². The van der Waals surface area contributed by atoms with Crippen molar-refractivity contribution in [2.45, 2.75) is 0 Å². The number of fused-ring (bicyclic) bond motifs is 1. The number of nitrogens with zero attached hydrogens (tertiary/aromatic N) is 1. The summed E-state index contributed by atoms with van der Waals surface area (Å²) in [5.41, 5.74) is 1.01. The van der Waals surface area contributed by atoms with E-state index < -0.39 is 0 Å². The largest absolute Gasteiger partial charge is 0.486 e. The van der Waals surface area contributed by atoms with Gasteiger partial charge in [-0.05, 0) is 17.7 Å². The van der Waals surface area contributed by atoms with Crippen molar-refractivity contribution in [2.75, 3.05) is 39.5 Å². The number of carbonyl (C=O) groups is 1. The first-order valence-corrected chi connectivity index (χ1v) is 7.44. The molecule has 116 valence electrons. The average molecular weight is 301 g/mol. The van der Waals surface area contributed by atoms with Gasteiger partial charge in [-0.2, -0.15) is 0 Å². The molecule has 1 fully saturated rings. The molecule has 3 rings (SSSR count). The molecule has 1 saturated heterocycles. The van der Waals surface area contributed by atoms with Gasteiger partial charge < -0.3 is 19.1 Å². The van der Waals surface area contributed by atoms with Crippen molar-refractivity contribution in [2.24, 2.45) is 0 Å². The molecule has 0 aliphatic carbocycles. The maximum absolute atomic E-state index is 11.9. The summed E-state index contributed by atoms with van der Waals surface area (Å²) in [6, 6.07) is 5.79. The first kappa shape index (κ1) is 14.7. The van der Waals surface area contributed by atoms with Crippen molar-refractivity contribution in [1.82, 2.24) is 4.90 Å². The van der Waals surface area contributed by atoms with Gasteiger partial charge in [-0.3, -0.25) is 4.79 Å². The van der Waals surface area contributed by atoms with Crippen molar-refractivity contribution in [3.63, 3.8) is 0 Å². The first-order valence-electron chi connectivity index (χ1n) is 7.44. The van der Waals surface area contributed by atoms with E-state index in [1.165, 1.54) is 0 Å². The average Bonchev–Trinajstić information content (AvgIpc) is 2.59. The van der Waals surface area contributed by atoms with Gasteiger partial charge in [0.25, 0.3) is 0 Å². The number of allylic oxidation sites excluding steroid dienone is 2. The van der Waals surface area contributed by atoms with Crippen LogP contribution in [0.4, 0.5) is 0 Å². The second-order valence-electron chi connectivity index (χ2n) is 5.06. The minimum absolute atomic E-state index is 0.0233. The third-order valence-corrected chi connectivity index (χ3v) is 3.53. The Bertz CT molecular complexity index is 588. The van der Waals surface area contributed by atoms with Gasteiger partial charge in [0.1, 0.15) is 13.2 Å². The molecule has 1 aromatic rings. The fourth-order valence-electron chi connectivity index (χ4n) is 2.36. The number of benzene rings is 1. The standard InChI is InChI=1S/C17H19NO4/c19-17(18-7-9-20-10-8-18)4-2-1-3-14-5-6-15-16(13-14)22-12-11-21-15/h1-6,13H,7-12H2/b3-1+,4-2+.